The van der Waals surface area contributed by atoms with Crippen molar-refractivity contribution in [2.45, 2.75) is 77.4 Å². The number of carbonyl (C=O) groups excluding carboxylic acids is 1. The van der Waals surface area contributed by atoms with E-state index in [-0.39, 0.29) is 53.1 Å². The quantitative estimate of drug-likeness (QED) is 0.695. The van der Waals surface area contributed by atoms with Crippen LogP contribution < -0.4 is 5.32 Å². The molecule has 0 saturated carbocycles. The zero-order chi connectivity index (χ0) is 22.4. The van der Waals surface area contributed by atoms with Crippen LogP contribution in [-0.2, 0) is 10.3 Å². The number of hydrogen-bond donors (Lipinski definition) is 1. The molecule has 32 heavy (non-hydrogen) atoms. The average Bonchev–Trinajstić information content (AvgIpc) is 3.33. The van der Waals surface area contributed by atoms with Crippen molar-refractivity contribution in [2.24, 2.45) is 5.41 Å². The van der Waals surface area contributed by atoms with Crippen molar-refractivity contribution in [2.75, 3.05) is 13.1 Å². The SMILES string of the molecule is CC1(C)CCCN(C(=O)[C@@H]2C[C@H](c3ccn(C(C)(C)C)n3)[C@H](c3cccc(F)c3)N2)C1.Cl. The third kappa shape index (κ3) is 5.18. The summed E-state index contributed by atoms with van der Waals surface area (Å²) >= 11 is 0. The highest BCUT2D eigenvalue weighted by Gasteiger charge is 2.43. The Labute approximate surface area is 197 Å². The van der Waals surface area contributed by atoms with Gasteiger partial charge in [0.25, 0.3) is 0 Å². The molecule has 1 aromatic carbocycles. The Morgan fingerprint density at radius 3 is 2.62 bits per heavy atom. The van der Waals surface area contributed by atoms with Crippen molar-refractivity contribution in [3.8, 4) is 0 Å². The van der Waals surface area contributed by atoms with Crippen LogP contribution in [0.4, 0.5) is 4.39 Å². The van der Waals surface area contributed by atoms with E-state index in [1.165, 1.54) is 6.07 Å². The van der Waals surface area contributed by atoms with Crippen molar-refractivity contribution >= 4 is 18.3 Å². The molecule has 1 N–H and O–H groups in total. The molecule has 0 aliphatic carbocycles. The first-order chi connectivity index (χ1) is 14.5. The van der Waals surface area contributed by atoms with E-state index in [1.807, 2.05) is 27.9 Å². The molecule has 1 amide bonds. The van der Waals surface area contributed by atoms with E-state index in [2.05, 4.69) is 39.9 Å². The van der Waals surface area contributed by atoms with Gasteiger partial charge in [0.1, 0.15) is 5.82 Å². The summed E-state index contributed by atoms with van der Waals surface area (Å²) in [6.45, 7) is 12.4. The third-order valence-corrected chi connectivity index (χ3v) is 6.67. The smallest absolute Gasteiger partial charge is 0.239 e. The van der Waals surface area contributed by atoms with E-state index in [0.717, 1.165) is 37.2 Å². The number of halogens is 2. The normalized spacial score (nSPS) is 25.4. The number of piperidine rings is 1. The van der Waals surface area contributed by atoms with Crippen LogP contribution in [0.3, 0.4) is 0 Å². The highest BCUT2D eigenvalue weighted by Crippen LogP contribution is 2.41. The van der Waals surface area contributed by atoms with Gasteiger partial charge in [-0.25, -0.2) is 4.39 Å². The Morgan fingerprint density at radius 1 is 1.25 bits per heavy atom. The first-order valence-electron chi connectivity index (χ1n) is 11.4. The first-order valence-corrected chi connectivity index (χ1v) is 11.4. The Balaban J connectivity index is 0.00000289. The molecule has 0 bridgehead atoms. The lowest BCUT2D eigenvalue weighted by atomic mass is 9.84. The van der Waals surface area contributed by atoms with Gasteiger partial charge < -0.3 is 4.90 Å². The molecule has 2 saturated heterocycles. The third-order valence-electron chi connectivity index (χ3n) is 6.67. The minimum atomic E-state index is -0.285. The van der Waals surface area contributed by atoms with E-state index >= 15 is 0 Å². The summed E-state index contributed by atoms with van der Waals surface area (Å²) in [6, 6.07) is 8.31. The summed E-state index contributed by atoms with van der Waals surface area (Å²) in [4.78, 5) is 15.5. The fourth-order valence-corrected chi connectivity index (χ4v) is 5.02. The van der Waals surface area contributed by atoms with Crippen LogP contribution in [0.15, 0.2) is 36.5 Å². The average molecular weight is 463 g/mol. The van der Waals surface area contributed by atoms with Crippen LogP contribution in [0, 0.1) is 11.2 Å². The molecule has 0 spiro atoms. The summed E-state index contributed by atoms with van der Waals surface area (Å²) in [5.74, 6) is -0.0880. The lowest BCUT2D eigenvalue weighted by molar-refractivity contribution is -0.136. The zero-order valence-electron chi connectivity index (χ0n) is 19.8. The number of carbonyl (C=O) groups is 1. The standard InChI is InChI=1S/C25H35FN4O.ClH/c1-24(2,3)30-13-10-20(28-30)19-15-21(23(31)29-12-7-11-25(4,5)16-29)27-22(19)17-8-6-9-18(26)14-17;/h6,8-10,13-14,19,21-22,27H,7,11-12,15-16H2,1-5H3;1H/t19-,21+,22+;/m1./s1. The number of nitrogens with zero attached hydrogens (tertiary/aromatic N) is 3. The lowest BCUT2D eigenvalue weighted by Crippen LogP contribution is -2.50. The van der Waals surface area contributed by atoms with Gasteiger partial charge in [-0.3, -0.25) is 14.8 Å². The Hall–Kier alpha value is -1.92. The molecule has 0 radical (unpaired) electrons. The van der Waals surface area contributed by atoms with Gasteiger partial charge in [-0.2, -0.15) is 5.10 Å². The van der Waals surface area contributed by atoms with Crippen LogP contribution in [-0.4, -0.2) is 39.7 Å². The Morgan fingerprint density at radius 2 is 2.00 bits per heavy atom. The first kappa shape index (κ1) is 24.7. The molecule has 2 fully saturated rings. The number of nitrogens with one attached hydrogen (secondary N) is 1. The number of amides is 1. The fourth-order valence-electron chi connectivity index (χ4n) is 5.02. The number of rotatable bonds is 3. The molecule has 5 nitrogen and oxygen atoms in total. The predicted octanol–water partition coefficient (Wildman–Crippen LogP) is 5.03. The highest BCUT2D eigenvalue weighted by molar-refractivity contribution is 5.85. The summed E-state index contributed by atoms with van der Waals surface area (Å²) in [5, 5.41) is 8.40. The fraction of sp³-hybridized carbons (Fsp3) is 0.600. The maximum Gasteiger partial charge on any atom is 0.239 e. The minimum absolute atomic E-state index is 0. The molecule has 4 rings (SSSR count). The van der Waals surface area contributed by atoms with Crippen molar-refractivity contribution in [3.63, 3.8) is 0 Å². The van der Waals surface area contributed by atoms with E-state index in [9.17, 15) is 9.18 Å². The van der Waals surface area contributed by atoms with Gasteiger partial charge in [-0.05, 0) is 69.2 Å². The van der Waals surface area contributed by atoms with Gasteiger partial charge in [0.2, 0.25) is 5.91 Å². The summed E-state index contributed by atoms with van der Waals surface area (Å²) in [7, 11) is 0. The molecule has 176 valence electrons. The van der Waals surface area contributed by atoms with Gasteiger partial charge in [-0.15, -0.1) is 12.4 Å². The maximum absolute atomic E-state index is 14.0. The van der Waals surface area contributed by atoms with E-state index in [4.69, 9.17) is 5.10 Å². The maximum atomic E-state index is 14.0. The van der Waals surface area contributed by atoms with Crippen molar-refractivity contribution in [1.29, 1.82) is 0 Å². The largest absolute Gasteiger partial charge is 0.341 e. The summed E-state index contributed by atoms with van der Waals surface area (Å²) in [6.07, 6.45) is 4.85. The van der Waals surface area contributed by atoms with Crippen molar-refractivity contribution < 1.29 is 9.18 Å². The minimum Gasteiger partial charge on any atom is -0.341 e. The Bertz CT molecular complexity index is 951. The molecule has 2 aliphatic rings. The van der Waals surface area contributed by atoms with Crippen molar-refractivity contribution in [3.05, 3.63) is 53.6 Å². The molecule has 2 aliphatic heterocycles. The predicted molar refractivity (Wildman–Crippen MR) is 127 cm³/mol. The molecular weight excluding hydrogens is 427 g/mol. The number of hydrogen-bond acceptors (Lipinski definition) is 3. The van der Waals surface area contributed by atoms with Crippen LogP contribution in [0.1, 0.15) is 77.1 Å². The summed E-state index contributed by atoms with van der Waals surface area (Å²) in [5.41, 5.74) is 1.85. The molecule has 1 aromatic heterocycles. The summed E-state index contributed by atoms with van der Waals surface area (Å²) < 4.78 is 16.0. The second-order valence-corrected chi connectivity index (χ2v) is 11.0. The second kappa shape index (κ2) is 9.14. The van der Waals surface area contributed by atoms with Crippen molar-refractivity contribution in [1.82, 2.24) is 20.0 Å². The van der Waals surface area contributed by atoms with E-state index < -0.39 is 0 Å². The monoisotopic (exact) mass is 462 g/mol. The van der Waals surface area contributed by atoms with Gasteiger partial charge in [0, 0.05) is 31.2 Å². The topological polar surface area (TPSA) is 50.2 Å². The number of aromatic nitrogens is 2. The van der Waals surface area contributed by atoms with Crippen LogP contribution in [0.2, 0.25) is 0 Å². The number of likely N-dealkylation sites (tertiary alicyclic amines) is 1. The Kier molecular flexibility index (Phi) is 7.06. The lowest BCUT2D eigenvalue weighted by Gasteiger charge is -2.39. The van der Waals surface area contributed by atoms with Gasteiger partial charge >= 0.3 is 0 Å². The molecule has 0 unspecified atom stereocenters. The van der Waals surface area contributed by atoms with E-state index in [1.54, 1.807) is 12.1 Å². The van der Waals surface area contributed by atoms with E-state index in [0.29, 0.717) is 6.42 Å². The van der Waals surface area contributed by atoms with Gasteiger partial charge in [-0.1, -0.05) is 26.0 Å². The van der Waals surface area contributed by atoms with Crippen LogP contribution >= 0.6 is 12.4 Å². The van der Waals surface area contributed by atoms with Crippen LogP contribution in [0.5, 0.6) is 0 Å². The van der Waals surface area contributed by atoms with Gasteiger partial charge in [0.05, 0.1) is 17.3 Å². The number of benzene rings is 1. The molecule has 3 atom stereocenters. The second-order valence-electron chi connectivity index (χ2n) is 11.0. The molecular formula is C25H36ClFN4O. The molecule has 3 heterocycles. The zero-order valence-corrected chi connectivity index (χ0v) is 20.6. The molecule has 7 heteroatoms. The molecule has 2 aromatic rings. The highest BCUT2D eigenvalue weighted by atomic mass is 35.5. The van der Waals surface area contributed by atoms with Crippen LogP contribution in [0.25, 0.3) is 0 Å². The van der Waals surface area contributed by atoms with Gasteiger partial charge in [0.15, 0.2) is 0 Å².